The van der Waals surface area contributed by atoms with Crippen LogP contribution in [-0.2, 0) is 0 Å². The van der Waals surface area contributed by atoms with Crippen molar-refractivity contribution in [1.29, 1.82) is 0 Å². The van der Waals surface area contributed by atoms with E-state index in [1.165, 1.54) is 12.1 Å². The van der Waals surface area contributed by atoms with Crippen molar-refractivity contribution in [3.05, 3.63) is 24.0 Å². The molecule has 0 aliphatic heterocycles. The maximum atomic E-state index is 13.0. The van der Waals surface area contributed by atoms with Gasteiger partial charge in [0, 0.05) is 22.9 Å². The van der Waals surface area contributed by atoms with Gasteiger partial charge >= 0.3 is 0 Å². The summed E-state index contributed by atoms with van der Waals surface area (Å²) in [5.41, 5.74) is 6.43. The van der Waals surface area contributed by atoms with E-state index in [-0.39, 0.29) is 5.82 Å². The van der Waals surface area contributed by atoms with Crippen molar-refractivity contribution in [2.75, 3.05) is 31.1 Å². The molecule has 0 saturated heterocycles. The Bertz CT molecular complexity index is 327. The molecule has 1 aromatic rings. The third-order valence-corrected chi connectivity index (χ3v) is 3.59. The predicted molar refractivity (Wildman–Crippen MR) is 69.3 cm³/mol. The molecular weight excluding hydrogens is 223 g/mol. The fourth-order valence-corrected chi connectivity index (χ4v) is 2.46. The van der Waals surface area contributed by atoms with Gasteiger partial charge in [0.05, 0.1) is 0 Å². The average molecular weight is 242 g/mol. The van der Waals surface area contributed by atoms with Gasteiger partial charge in [-0.1, -0.05) is 13.8 Å². The monoisotopic (exact) mass is 242 g/mol. The van der Waals surface area contributed by atoms with E-state index in [0.717, 1.165) is 30.3 Å². The summed E-state index contributed by atoms with van der Waals surface area (Å²) in [6.45, 7) is 7.40. The lowest BCUT2D eigenvalue weighted by Crippen LogP contribution is -2.25. The molecule has 2 N–H and O–H groups in total. The first kappa shape index (κ1) is 13.3. The van der Waals surface area contributed by atoms with Gasteiger partial charge in [0.1, 0.15) is 5.82 Å². The largest absolute Gasteiger partial charge is 0.398 e. The minimum atomic E-state index is -0.223. The molecule has 0 saturated carbocycles. The van der Waals surface area contributed by atoms with E-state index in [1.54, 1.807) is 17.8 Å². The molecule has 0 fully saturated rings. The van der Waals surface area contributed by atoms with Crippen LogP contribution in [0.1, 0.15) is 13.8 Å². The standard InChI is InChI=1S/C12H19FN2S/c1-3-15(4-2)7-8-16-12-9-10(13)5-6-11(12)14/h5-6,9H,3-4,7-8,14H2,1-2H3. The zero-order chi connectivity index (χ0) is 12.0. The number of thioether (sulfide) groups is 1. The maximum absolute atomic E-state index is 13.0. The molecule has 0 heterocycles. The fourth-order valence-electron chi connectivity index (χ4n) is 1.46. The van der Waals surface area contributed by atoms with Gasteiger partial charge in [-0.15, -0.1) is 11.8 Å². The highest BCUT2D eigenvalue weighted by Gasteiger charge is 2.03. The lowest BCUT2D eigenvalue weighted by molar-refractivity contribution is 0.324. The number of nitrogens with two attached hydrogens (primary N) is 1. The zero-order valence-corrected chi connectivity index (χ0v) is 10.7. The molecule has 0 radical (unpaired) electrons. The zero-order valence-electron chi connectivity index (χ0n) is 9.87. The summed E-state index contributed by atoms with van der Waals surface area (Å²) >= 11 is 1.61. The van der Waals surface area contributed by atoms with E-state index in [1.807, 2.05) is 0 Å². The molecule has 0 bridgehead atoms. The number of hydrogen-bond donors (Lipinski definition) is 1. The maximum Gasteiger partial charge on any atom is 0.124 e. The molecule has 4 heteroatoms. The molecule has 2 nitrogen and oxygen atoms in total. The highest BCUT2D eigenvalue weighted by Crippen LogP contribution is 2.25. The Morgan fingerprint density at radius 2 is 2.00 bits per heavy atom. The van der Waals surface area contributed by atoms with Gasteiger partial charge in [0.15, 0.2) is 0 Å². The SMILES string of the molecule is CCN(CC)CCSc1cc(F)ccc1N. The van der Waals surface area contributed by atoms with Gasteiger partial charge in [-0.2, -0.15) is 0 Å². The van der Waals surface area contributed by atoms with E-state index in [0.29, 0.717) is 5.69 Å². The van der Waals surface area contributed by atoms with Crippen LogP contribution in [0.2, 0.25) is 0 Å². The first-order chi connectivity index (χ1) is 7.67. The second-order valence-corrected chi connectivity index (χ2v) is 4.69. The van der Waals surface area contributed by atoms with Gasteiger partial charge in [-0.3, -0.25) is 0 Å². The van der Waals surface area contributed by atoms with E-state index in [2.05, 4.69) is 18.7 Å². The van der Waals surface area contributed by atoms with Crippen molar-refractivity contribution in [2.24, 2.45) is 0 Å². The van der Waals surface area contributed by atoms with E-state index in [4.69, 9.17) is 5.73 Å². The number of anilines is 1. The molecule has 0 amide bonds. The molecule has 90 valence electrons. The molecule has 1 aromatic carbocycles. The van der Waals surface area contributed by atoms with Gasteiger partial charge in [0.25, 0.3) is 0 Å². The second kappa shape index (κ2) is 6.76. The average Bonchev–Trinajstić information content (AvgIpc) is 2.29. The van der Waals surface area contributed by atoms with Crippen LogP contribution >= 0.6 is 11.8 Å². The molecule has 0 spiro atoms. The number of hydrogen-bond acceptors (Lipinski definition) is 3. The fraction of sp³-hybridized carbons (Fsp3) is 0.500. The molecule has 16 heavy (non-hydrogen) atoms. The van der Waals surface area contributed by atoms with Crippen LogP contribution in [0.4, 0.5) is 10.1 Å². The van der Waals surface area contributed by atoms with Crippen molar-refractivity contribution in [3.8, 4) is 0 Å². The van der Waals surface area contributed by atoms with Gasteiger partial charge < -0.3 is 10.6 Å². The minimum Gasteiger partial charge on any atom is -0.398 e. The number of nitrogen functional groups attached to an aromatic ring is 1. The van der Waals surface area contributed by atoms with Crippen LogP contribution in [0.5, 0.6) is 0 Å². The van der Waals surface area contributed by atoms with Crippen molar-refractivity contribution in [2.45, 2.75) is 18.7 Å². The molecule has 0 atom stereocenters. The Balaban J connectivity index is 2.45. The molecule has 0 aliphatic rings. The number of rotatable bonds is 6. The van der Waals surface area contributed by atoms with Crippen LogP contribution in [0, 0.1) is 5.82 Å². The Morgan fingerprint density at radius 1 is 1.31 bits per heavy atom. The number of halogens is 1. The van der Waals surface area contributed by atoms with Crippen LogP contribution in [0.3, 0.4) is 0 Å². The Hall–Kier alpha value is -0.740. The summed E-state index contributed by atoms with van der Waals surface area (Å²) in [5.74, 6) is 0.717. The molecule has 0 aromatic heterocycles. The summed E-state index contributed by atoms with van der Waals surface area (Å²) in [6.07, 6.45) is 0. The van der Waals surface area contributed by atoms with E-state index < -0.39 is 0 Å². The van der Waals surface area contributed by atoms with Gasteiger partial charge in [-0.05, 0) is 31.3 Å². The topological polar surface area (TPSA) is 29.3 Å². The van der Waals surface area contributed by atoms with E-state index in [9.17, 15) is 4.39 Å². The van der Waals surface area contributed by atoms with Crippen molar-refractivity contribution in [3.63, 3.8) is 0 Å². The summed E-state index contributed by atoms with van der Waals surface area (Å²) in [5, 5.41) is 0. The summed E-state index contributed by atoms with van der Waals surface area (Å²) < 4.78 is 13.0. The number of nitrogens with zero attached hydrogens (tertiary/aromatic N) is 1. The summed E-state index contributed by atoms with van der Waals surface area (Å²) in [6, 6.07) is 4.51. The van der Waals surface area contributed by atoms with Crippen LogP contribution in [0.25, 0.3) is 0 Å². The van der Waals surface area contributed by atoms with Gasteiger partial charge in [-0.25, -0.2) is 4.39 Å². The molecule has 0 unspecified atom stereocenters. The third kappa shape index (κ3) is 4.02. The van der Waals surface area contributed by atoms with Crippen molar-refractivity contribution < 1.29 is 4.39 Å². The van der Waals surface area contributed by atoms with Crippen LogP contribution in [-0.4, -0.2) is 30.3 Å². The lowest BCUT2D eigenvalue weighted by Gasteiger charge is -2.17. The second-order valence-electron chi connectivity index (χ2n) is 3.56. The molecule has 1 rings (SSSR count). The van der Waals surface area contributed by atoms with Crippen LogP contribution < -0.4 is 5.73 Å². The first-order valence-corrected chi connectivity index (χ1v) is 6.56. The van der Waals surface area contributed by atoms with Crippen molar-refractivity contribution in [1.82, 2.24) is 4.90 Å². The molecular formula is C12H19FN2S. The highest BCUT2D eigenvalue weighted by molar-refractivity contribution is 7.99. The number of benzene rings is 1. The first-order valence-electron chi connectivity index (χ1n) is 5.57. The quantitative estimate of drug-likeness (QED) is 0.614. The molecule has 0 aliphatic carbocycles. The minimum absolute atomic E-state index is 0.223. The summed E-state index contributed by atoms with van der Waals surface area (Å²) in [4.78, 5) is 3.18. The predicted octanol–water partition coefficient (Wildman–Crippen LogP) is 2.84. The third-order valence-electron chi connectivity index (χ3n) is 2.54. The smallest absolute Gasteiger partial charge is 0.124 e. The Kier molecular flexibility index (Phi) is 5.63. The van der Waals surface area contributed by atoms with Crippen LogP contribution in [0.15, 0.2) is 23.1 Å². The van der Waals surface area contributed by atoms with Crippen molar-refractivity contribution >= 4 is 17.4 Å². The highest BCUT2D eigenvalue weighted by atomic mass is 32.2. The van der Waals surface area contributed by atoms with E-state index >= 15 is 0 Å². The lowest BCUT2D eigenvalue weighted by atomic mass is 10.3. The summed E-state index contributed by atoms with van der Waals surface area (Å²) in [7, 11) is 0. The van der Waals surface area contributed by atoms with Gasteiger partial charge in [0.2, 0.25) is 0 Å². The Morgan fingerprint density at radius 3 is 2.62 bits per heavy atom. The Labute approximate surface area is 101 Å². The normalized spacial score (nSPS) is 11.0.